The molecular formula is C8H4BrNO2. The molecule has 0 bridgehead atoms. The van der Waals surface area contributed by atoms with E-state index in [0.29, 0.717) is 10.2 Å². The molecule has 0 aliphatic heterocycles. The molecule has 0 aromatic heterocycles. The van der Waals surface area contributed by atoms with E-state index in [4.69, 9.17) is 11.7 Å². The zero-order valence-electron chi connectivity index (χ0n) is 5.91. The molecule has 1 aromatic rings. The number of rotatable bonds is 1. The summed E-state index contributed by atoms with van der Waals surface area (Å²) in [4.78, 5) is 13.6. The maximum atomic E-state index is 10.5. The van der Waals surface area contributed by atoms with E-state index < -0.39 is 5.97 Å². The number of hydrogen-bond acceptors (Lipinski definition) is 1. The molecule has 1 N–H and O–H groups in total. The number of halogens is 1. The minimum absolute atomic E-state index is 0.175. The Balaban J connectivity index is 3.21. The monoisotopic (exact) mass is 225 g/mol. The van der Waals surface area contributed by atoms with Crippen molar-refractivity contribution in [2.24, 2.45) is 0 Å². The maximum Gasteiger partial charge on any atom is 0.335 e. The first-order valence-corrected chi connectivity index (χ1v) is 3.84. The van der Waals surface area contributed by atoms with Gasteiger partial charge in [0.15, 0.2) is 0 Å². The van der Waals surface area contributed by atoms with E-state index in [1.165, 1.54) is 18.2 Å². The Bertz CT molecular complexity index is 368. The molecule has 12 heavy (non-hydrogen) atoms. The van der Waals surface area contributed by atoms with Crippen molar-refractivity contribution < 1.29 is 9.90 Å². The van der Waals surface area contributed by atoms with Gasteiger partial charge in [-0.2, -0.15) is 0 Å². The topological polar surface area (TPSA) is 41.7 Å². The molecule has 0 radical (unpaired) electrons. The Hall–Kier alpha value is -1.34. The Morgan fingerprint density at radius 1 is 1.58 bits per heavy atom. The van der Waals surface area contributed by atoms with Gasteiger partial charge < -0.3 is 5.11 Å². The van der Waals surface area contributed by atoms with Gasteiger partial charge in [0, 0.05) is 4.47 Å². The molecule has 0 atom stereocenters. The summed E-state index contributed by atoms with van der Waals surface area (Å²) in [6.45, 7) is 6.71. The highest BCUT2D eigenvalue weighted by atomic mass is 79.9. The minimum Gasteiger partial charge on any atom is -0.478 e. The molecule has 0 saturated heterocycles. The van der Waals surface area contributed by atoms with Gasteiger partial charge in [-0.25, -0.2) is 9.64 Å². The van der Waals surface area contributed by atoms with Crippen molar-refractivity contribution in [1.29, 1.82) is 0 Å². The lowest BCUT2D eigenvalue weighted by atomic mass is 10.2. The van der Waals surface area contributed by atoms with Crippen LogP contribution in [0, 0.1) is 6.57 Å². The molecular weight excluding hydrogens is 222 g/mol. The van der Waals surface area contributed by atoms with Crippen LogP contribution in [0.1, 0.15) is 10.4 Å². The van der Waals surface area contributed by atoms with Crippen LogP contribution >= 0.6 is 15.9 Å². The zero-order valence-corrected chi connectivity index (χ0v) is 7.50. The van der Waals surface area contributed by atoms with Gasteiger partial charge >= 0.3 is 5.97 Å². The predicted molar refractivity (Wildman–Crippen MR) is 47.4 cm³/mol. The highest BCUT2D eigenvalue weighted by molar-refractivity contribution is 9.10. The summed E-state index contributed by atoms with van der Waals surface area (Å²) < 4.78 is 0.511. The quantitative estimate of drug-likeness (QED) is 0.748. The van der Waals surface area contributed by atoms with Gasteiger partial charge in [0.25, 0.3) is 0 Å². The Kier molecular flexibility index (Phi) is 2.46. The van der Waals surface area contributed by atoms with Crippen molar-refractivity contribution in [3.8, 4) is 0 Å². The average Bonchev–Trinajstić information content (AvgIpc) is 2.04. The fourth-order valence-electron chi connectivity index (χ4n) is 0.731. The Labute approximate surface area is 77.6 Å². The SMILES string of the molecule is [C-]#[N+]c1ccc(C(=O)O)cc1Br. The lowest BCUT2D eigenvalue weighted by molar-refractivity contribution is 0.0697. The zero-order chi connectivity index (χ0) is 9.14. The van der Waals surface area contributed by atoms with Crippen molar-refractivity contribution in [3.63, 3.8) is 0 Å². The molecule has 0 aliphatic rings. The first-order chi connectivity index (χ1) is 5.65. The summed E-state index contributed by atoms with van der Waals surface area (Å²) in [6, 6.07) is 4.29. The van der Waals surface area contributed by atoms with E-state index >= 15 is 0 Å². The highest BCUT2D eigenvalue weighted by Gasteiger charge is 2.05. The predicted octanol–water partition coefficient (Wildman–Crippen LogP) is 2.70. The maximum absolute atomic E-state index is 10.5. The lowest BCUT2D eigenvalue weighted by Crippen LogP contribution is -1.94. The second-order valence-electron chi connectivity index (χ2n) is 2.08. The van der Waals surface area contributed by atoms with E-state index in [1.54, 1.807) is 0 Å². The molecule has 0 saturated carbocycles. The molecule has 0 spiro atoms. The lowest BCUT2D eigenvalue weighted by Gasteiger charge is -1.96. The number of carbonyl (C=O) groups is 1. The molecule has 1 rings (SSSR count). The van der Waals surface area contributed by atoms with Crippen LogP contribution in [0.25, 0.3) is 4.85 Å². The van der Waals surface area contributed by atoms with E-state index in [0.717, 1.165) is 0 Å². The molecule has 0 unspecified atom stereocenters. The van der Waals surface area contributed by atoms with E-state index in [2.05, 4.69) is 20.8 Å². The van der Waals surface area contributed by atoms with Gasteiger partial charge in [0.05, 0.1) is 12.1 Å². The largest absolute Gasteiger partial charge is 0.478 e. The molecule has 3 nitrogen and oxygen atoms in total. The highest BCUT2D eigenvalue weighted by Crippen LogP contribution is 2.25. The van der Waals surface area contributed by atoms with Gasteiger partial charge in [-0.05, 0) is 6.07 Å². The molecule has 4 heteroatoms. The average molecular weight is 226 g/mol. The molecule has 0 fully saturated rings. The molecule has 0 heterocycles. The van der Waals surface area contributed by atoms with Gasteiger partial charge in [-0.15, -0.1) is 0 Å². The standard InChI is InChI=1S/C8H4BrNO2/c1-10-7-3-2-5(8(11)12)4-6(7)9/h2-4H,(H,11,12). The van der Waals surface area contributed by atoms with Gasteiger partial charge in [-0.3, -0.25) is 0 Å². The third kappa shape index (κ3) is 1.63. The van der Waals surface area contributed by atoms with Crippen molar-refractivity contribution >= 4 is 27.6 Å². The van der Waals surface area contributed by atoms with Crippen molar-refractivity contribution in [3.05, 3.63) is 39.7 Å². The summed E-state index contributed by atoms with van der Waals surface area (Å²) >= 11 is 3.10. The third-order valence-corrected chi connectivity index (χ3v) is 1.95. The van der Waals surface area contributed by atoms with Crippen LogP contribution in [-0.2, 0) is 0 Å². The van der Waals surface area contributed by atoms with Crippen LogP contribution in [0.3, 0.4) is 0 Å². The number of nitrogens with zero attached hydrogens (tertiary/aromatic N) is 1. The first-order valence-electron chi connectivity index (χ1n) is 3.05. The first kappa shape index (κ1) is 8.75. The number of carboxylic acids is 1. The van der Waals surface area contributed by atoms with Crippen LogP contribution in [-0.4, -0.2) is 11.1 Å². The summed E-state index contributed by atoms with van der Waals surface area (Å²) in [5, 5.41) is 8.57. The van der Waals surface area contributed by atoms with Crippen LogP contribution in [0.5, 0.6) is 0 Å². The van der Waals surface area contributed by atoms with Crippen LogP contribution in [0.2, 0.25) is 0 Å². The molecule has 0 aliphatic carbocycles. The van der Waals surface area contributed by atoms with Crippen molar-refractivity contribution in [2.45, 2.75) is 0 Å². The van der Waals surface area contributed by atoms with Crippen molar-refractivity contribution in [2.75, 3.05) is 0 Å². The number of aromatic carboxylic acids is 1. The fourth-order valence-corrected chi connectivity index (χ4v) is 1.20. The van der Waals surface area contributed by atoms with Crippen molar-refractivity contribution in [1.82, 2.24) is 0 Å². The van der Waals surface area contributed by atoms with E-state index in [1.807, 2.05) is 0 Å². The van der Waals surface area contributed by atoms with Crippen LogP contribution < -0.4 is 0 Å². The smallest absolute Gasteiger partial charge is 0.335 e. The van der Waals surface area contributed by atoms with Gasteiger partial charge in [0.2, 0.25) is 5.69 Å². The summed E-state index contributed by atoms with van der Waals surface area (Å²) in [7, 11) is 0. The summed E-state index contributed by atoms with van der Waals surface area (Å²) in [5.74, 6) is -0.993. The molecule has 60 valence electrons. The second-order valence-corrected chi connectivity index (χ2v) is 2.94. The Morgan fingerprint density at radius 2 is 2.25 bits per heavy atom. The van der Waals surface area contributed by atoms with E-state index in [9.17, 15) is 4.79 Å². The number of carboxylic acid groups (broad SMARTS) is 1. The minimum atomic E-state index is -0.993. The normalized spacial score (nSPS) is 9.00. The molecule has 0 amide bonds. The van der Waals surface area contributed by atoms with Crippen LogP contribution in [0.4, 0.5) is 5.69 Å². The van der Waals surface area contributed by atoms with Gasteiger partial charge in [0.1, 0.15) is 0 Å². The van der Waals surface area contributed by atoms with Gasteiger partial charge in [-0.1, -0.05) is 28.1 Å². The van der Waals surface area contributed by atoms with Crippen LogP contribution in [0.15, 0.2) is 22.7 Å². The Morgan fingerprint density at radius 3 is 2.67 bits per heavy atom. The molecule has 1 aromatic carbocycles. The number of hydrogen-bond donors (Lipinski definition) is 1. The third-order valence-electron chi connectivity index (χ3n) is 1.32. The summed E-state index contributed by atoms with van der Waals surface area (Å²) in [5.41, 5.74) is 0.592. The second kappa shape index (κ2) is 3.37. The summed E-state index contributed by atoms with van der Waals surface area (Å²) in [6.07, 6.45) is 0. The number of benzene rings is 1. The van der Waals surface area contributed by atoms with E-state index in [-0.39, 0.29) is 5.56 Å². The fraction of sp³-hybridized carbons (Fsp3) is 0.